The molecule has 0 atom stereocenters. The lowest BCUT2D eigenvalue weighted by molar-refractivity contribution is 0.331. The minimum atomic E-state index is 0. The highest BCUT2D eigenvalue weighted by Crippen LogP contribution is 2.13. The topological polar surface area (TPSA) is 52.6 Å². The van der Waals surface area contributed by atoms with Crippen molar-refractivity contribution in [1.29, 1.82) is 0 Å². The molecule has 1 saturated heterocycles. The number of aryl methyl sites for hydroxylation is 1. The molecule has 26 heavy (non-hydrogen) atoms. The predicted molar refractivity (Wildman–Crippen MR) is 120 cm³/mol. The maximum Gasteiger partial charge on any atom is 0.191 e. The van der Waals surface area contributed by atoms with Gasteiger partial charge in [0.1, 0.15) is 0 Å². The van der Waals surface area contributed by atoms with Crippen LogP contribution in [0.25, 0.3) is 0 Å². The number of hydrogen-bond acceptors (Lipinski definition) is 4. The van der Waals surface area contributed by atoms with Gasteiger partial charge in [0.25, 0.3) is 0 Å². The summed E-state index contributed by atoms with van der Waals surface area (Å²) in [5.74, 6) is 0.812. The number of aliphatic imine (C=N–C) groups is 1. The van der Waals surface area contributed by atoms with Gasteiger partial charge in [-0.15, -0.1) is 35.3 Å². The smallest absolute Gasteiger partial charge is 0.191 e. The van der Waals surface area contributed by atoms with Crippen molar-refractivity contribution < 1.29 is 0 Å². The minimum absolute atomic E-state index is 0. The summed E-state index contributed by atoms with van der Waals surface area (Å²) >= 11 is 1.71. The first kappa shape index (κ1) is 21.1. The zero-order valence-corrected chi connectivity index (χ0v) is 18.6. The van der Waals surface area contributed by atoms with Crippen LogP contribution in [-0.4, -0.2) is 36.0 Å². The van der Waals surface area contributed by atoms with Gasteiger partial charge in [-0.05, 0) is 44.0 Å². The van der Waals surface area contributed by atoms with Gasteiger partial charge >= 0.3 is 0 Å². The van der Waals surface area contributed by atoms with Gasteiger partial charge in [-0.25, -0.2) is 4.98 Å². The van der Waals surface area contributed by atoms with Gasteiger partial charge in [-0.3, -0.25) is 9.89 Å². The molecule has 3 rings (SSSR count). The molecule has 2 N–H and O–H groups in total. The lowest BCUT2D eigenvalue weighted by Gasteiger charge is -2.15. The fraction of sp³-hybridized carbons (Fsp3) is 0.474. The Morgan fingerprint density at radius 1 is 1.12 bits per heavy atom. The van der Waals surface area contributed by atoms with E-state index in [9.17, 15) is 0 Å². The van der Waals surface area contributed by atoms with Crippen LogP contribution in [0.1, 0.15) is 33.9 Å². The average Bonchev–Trinajstić information content (AvgIpc) is 3.28. The second-order valence-electron chi connectivity index (χ2n) is 6.42. The number of aromatic nitrogens is 1. The first-order valence-corrected chi connectivity index (χ1v) is 9.70. The molecule has 1 fully saturated rings. The van der Waals surface area contributed by atoms with Crippen LogP contribution in [0.4, 0.5) is 0 Å². The van der Waals surface area contributed by atoms with Crippen molar-refractivity contribution >= 4 is 41.3 Å². The van der Waals surface area contributed by atoms with E-state index in [1.165, 1.54) is 41.9 Å². The maximum atomic E-state index is 4.28. The molecule has 2 heterocycles. The van der Waals surface area contributed by atoms with Gasteiger partial charge in [-0.2, -0.15) is 0 Å². The highest BCUT2D eigenvalue weighted by molar-refractivity contribution is 14.0. The summed E-state index contributed by atoms with van der Waals surface area (Å²) in [4.78, 5) is 12.3. The van der Waals surface area contributed by atoms with Crippen LogP contribution in [0.5, 0.6) is 0 Å². The van der Waals surface area contributed by atoms with E-state index in [-0.39, 0.29) is 24.0 Å². The largest absolute Gasteiger partial charge is 0.352 e. The van der Waals surface area contributed by atoms with Crippen LogP contribution in [0.3, 0.4) is 0 Å². The molecule has 0 saturated carbocycles. The average molecular weight is 485 g/mol. The van der Waals surface area contributed by atoms with E-state index in [0.29, 0.717) is 0 Å². The molecule has 142 valence electrons. The van der Waals surface area contributed by atoms with Crippen LogP contribution in [0, 0.1) is 6.92 Å². The van der Waals surface area contributed by atoms with Crippen molar-refractivity contribution in [2.45, 2.75) is 39.4 Å². The van der Waals surface area contributed by atoms with E-state index in [4.69, 9.17) is 0 Å². The Balaban J connectivity index is 0.00000243. The summed E-state index contributed by atoms with van der Waals surface area (Å²) in [6.45, 7) is 7.10. The third-order valence-corrected chi connectivity index (χ3v) is 5.32. The first-order valence-electron chi connectivity index (χ1n) is 8.89. The van der Waals surface area contributed by atoms with Gasteiger partial charge in [-0.1, -0.05) is 24.3 Å². The molecule has 1 aliphatic rings. The van der Waals surface area contributed by atoms with E-state index < -0.39 is 0 Å². The van der Waals surface area contributed by atoms with Crippen molar-refractivity contribution in [3.05, 3.63) is 51.5 Å². The lowest BCUT2D eigenvalue weighted by Crippen LogP contribution is -2.36. The number of rotatable bonds is 6. The highest BCUT2D eigenvalue weighted by atomic mass is 127. The molecule has 1 aromatic heterocycles. The fourth-order valence-corrected chi connectivity index (χ4v) is 3.76. The SMILES string of the molecule is CN=C(NCc1ccc(CN2CCCC2)cc1)NCc1cnc(C)s1.I. The Labute approximate surface area is 177 Å². The predicted octanol–water partition coefficient (Wildman–Crippen LogP) is 3.53. The van der Waals surface area contributed by atoms with Crippen molar-refractivity contribution in [3.8, 4) is 0 Å². The monoisotopic (exact) mass is 485 g/mol. The Morgan fingerprint density at radius 3 is 2.38 bits per heavy atom. The van der Waals surface area contributed by atoms with Crippen molar-refractivity contribution in [2.75, 3.05) is 20.1 Å². The molecule has 0 unspecified atom stereocenters. The van der Waals surface area contributed by atoms with E-state index in [1.807, 2.05) is 13.1 Å². The van der Waals surface area contributed by atoms with Crippen LogP contribution in [0.2, 0.25) is 0 Å². The molecule has 7 heteroatoms. The number of nitrogens with zero attached hydrogens (tertiary/aromatic N) is 3. The molecule has 0 aliphatic carbocycles. The molecule has 1 aliphatic heterocycles. The second kappa shape index (κ2) is 10.8. The summed E-state index contributed by atoms with van der Waals surface area (Å²) in [6, 6.07) is 8.90. The van der Waals surface area contributed by atoms with Crippen LogP contribution in [-0.2, 0) is 19.6 Å². The molecule has 1 aromatic carbocycles. The van der Waals surface area contributed by atoms with E-state index in [2.05, 4.69) is 49.8 Å². The van der Waals surface area contributed by atoms with Gasteiger partial charge in [0.05, 0.1) is 11.6 Å². The zero-order valence-electron chi connectivity index (χ0n) is 15.5. The van der Waals surface area contributed by atoms with Crippen molar-refractivity contribution in [3.63, 3.8) is 0 Å². The lowest BCUT2D eigenvalue weighted by atomic mass is 10.1. The number of benzene rings is 1. The summed E-state index contributed by atoms with van der Waals surface area (Å²) in [7, 11) is 1.80. The molecule has 0 spiro atoms. The van der Waals surface area contributed by atoms with Crippen molar-refractivity contribution in [1.82, 2.24) is 20.5 Å². The first-order chi connectivity index (χ1) is 12.2. The Morgan fingerprint density at radius 2 is 1.77 bits per heavy atom. The second-order valence-corrected chi connectivity index (χ2v) is 7.74. The fourth-order valence-electron chi connectivity index (χ4n) is 3.03. The highest BCUT2D eigenvalue weighted by Gasteiger charge is 2.11. The molecule has 2 aromatic rings. The number of halogens is 1. The Kier molecular flexibility index (Phi) is 8.80. The standard InChI is InChI=1S/C19H27N5S.HI/c1-15-21-12-18(25-15)13-23-19(20-2)22-11-16-5-7-17(8-6-16)14-24-9-3-4-10-24;/h5-8,12H,3-4,9-11,13-14H2,1-2H3,(H2,20,22,23);1H. The summed E-state index contributed by atoms with van der Waals surface area (Å²) < 4.78 is 0. The summed E-state index contributed by atoms with van der Waals surface area (Å²) in [5.41, 5.74) is 2.66. The third-order valence-electron chi connectivity index (χ3n) is 4.41. The number of hydrogen-bond donors (Lipinski definition) is 2. The third kappa shape index (κ3) is 6.51. The van der Waals surface area contributed by atoms with E-state index in [0.717, 1.165) is 30.6 Å². The Hall–Kier alpha value is -1.19. The number of nitrogens with one attached hydrogen (secondary N) is 2. The van der Waals surface area contributed by atoms with Gasteiger partial charge in [0.2, 0.25) is 0 Å². The summed E-state index contributed by atoms with van der Waals surface area (Å²) in [6.07, 6.45) is 4.60. The minimum Gasteiger partial charge on any atom is -0.352 e. The zero-order chi connectivity index (χ0) is 17.5. The molecular formula is C19H28IN5S. The van der Waals surface area contributed by atoms with E-state index in [1.54, 1.807) is 18.4 Å². The molecule has 0 radical (unpaired) electrons. The molecule has 0 bridgehead atoms. The van der Waals surface area contributed by atoms with Gasteiger partial charge in [0, 0.05) is 31.2 Å². The van der Waals surface area contributed by atoms with Crippen LogP contribution in [0.15, 0.2) is 35.5 Å². The Bertz CT molecular complexity index is 692. The van der Waals surface area contributed by atoms with Gasteiger partial charge in [0.15, 0.2) is 5.96 Å². The maximum absolute atomic E-state index is 4.28. The van der Waals surface area contributed by atoms with Crippen LogP contribution >= 0.6 is 35.3 Å². The van der Waals surface area contributed by atoms with Crippen molar-refractivity contribution in [2.24, 2.45) is 4.99 Å². The summed E-state index contributed by atoms with van der Waals surface area (Å²) in [5, 5.41) is 7.79. The number of guanidine groups is 1. The van der Waals surface area contributed by atoms with Crippen LogP contribution < -0.4 is 10.6 Å². The molecular weight excluding hydrogens is 457 g/mol. The molecule has 5 nitrogen and oxygen atoms in total. The normalized spacial score (nSPS) is 14.9. The van der Waals surface area contributed by atoms with Gasteiger partial charge < -0.3 is 10.6 Å². The quantitative estimate of drug-likeness (QED) is 0.374. The number of likely N-dealkylation sites (tertiary alicyclic amines) is 1. The molecule has 0 amide bonds. The number of thiazole rings is 1. The van der Waals surface area contributed by atoms with E-state index >= 15 is 0 Å².